The zero-order valence-electron chi connectivity index (χ0n) is 13.9. The third-order valence-electron chi connectivity index (χ3n) is 3.65. The Hall–Kier alpha value is -2.58. The molecular weight excluding hydrogens is 338 g/mol. The van der Waals surface area contributed by atoms with E-state index < -0.39 is 0 Å². The Morgan fingerprint density at radius 1 is 1.28 bits per heavy atom. The number of thiophene rings is 1. The number of fused-ring (bicyclic) bond motifs is 1. The summed E-state index contributed by atoms with van der Waals surface area (Å²) in [5.74, 6) is 0.0378. The van der Waals surface area contributed by atoms with Gasteiger partial charge in [-0.05, 0) is 37.4 Å². The zero-order chi connectivity index (χ0) is 17.8. The van der Waals surface area contributed by atoms with E-state index in [1.807, 2.05) is 36.6 Å². The minimum Gasteiger partial charge on any atom is -0.394 e. The SMILES string of the molecule is C[C@H](CO)NC(=O)c1nc(N[C@@H](C)c2ccccn2)nc2ccsc12. The van der Waals surface area contributed by atoms with Crippen LogP contribution >= 0.6 is 11.3 Å². The maximum absolute atomic E-state index is 12.5. The molecule has 3 N–H and O–H groups in total. The van der Waals surface area contributed by atoms with Crippen molar-refractivity contribution >= 4 is 33.4 Å². The third-order valence-corrected chi connectivity index (χ3v) is 4.56. The van der Waals surface area contributed by atoms with Gasteiger partial charge in [0.1, 0.15) is 0 Å². The van der Waals surface area contributed by atoms with Gasteiger partial charge < -0.3 is 15.7 Å². The Labute approximate surface area is 149 Å². The molecule has 1 amide bonds. The number of nitrogens with one attached hydrogen (secondary N) is 2. The molecule has 3 heterocycles. The molecule has 0 saturated carbocycles. The van der Waals surface area contributed by atoms with Crippen LogP contribution in [0.3, 0.4) is 0 Å². The fourth-order valence-electron chi connectivity index (χ4n) is 2.32. The lowest BCUT2D eigenvalue weighted by Gasteiger charge is -2.15. The first kappa shape index (κ1) is 17.2. The first-order valence-electron chi connectivity index (χ1n) is 7.93. The fraction of sp³-hybridized carbons (Fsp3) is 0.294. The van der Waals surface area contributed by atoms with Gasteiger partial charge in [0.15, 0.2) is 5.69 Å². The second kappa shape index (κ2) is 7.54. The van der Waals surface area contributed by atoms with Crippen LogP contribution in [0.2, 0.25) is 0 Å². The highest BCUT2D eigenvalue weighted by molar-refractivity contribution is 7.17. The molecule has 8 heteroatoms. The Morgan fingerprint density at radius 3 is 2.84 bits per heavy atom. The summed E-state index contributed by atoms with van der Waals surface area (Å²) in [5, 5.41) is 16.9. The van der Waals surface area contributed by atoms with Gasteiger partial charge in [-0.15, -0.1) is 11.3 Å². The van der Waals surface area contributed by atoms with Crippen molar-refractivity contribution in [1.82, 2.24) is 20.3 Å². The molecular formula is C17H19N5O2S. The Bertz CT molecular complexity index is 868. The number of rotatable bonds is 6. The number of carbonyl (C=O) groups is 1. The normalized spacial score (nSPS) is 13.4. The van der Waals surface area contributed by atoms with Gasteiger partial charge in [0.2, 0.25) is 5.95 Å². The summed E-state index contributed by atoms with van der Waals surface area (Å²) < 4.78 is 0.721. The number of amides is 1. The number of carbonyl (C=O) groups excluding carboxylic acids is 1. The van der Waals surface area contributed by atoms with Crippen molar-refractivity contribution in [2.45, 2.75) is 25.9 Å². The summed E-state index contributed by atoms with van der Waals surface area (Å²) in [4.78, 5) is 25.7. The molecule has 25 heavy (non-hydrogen) atoms. The van der Waals surface area contributed by atoms with Crippen molar-refractivity contribution in [1.29, 1.82) is 0 Å². The highest BCUT2D eigenvalue weighted by atomic mass is 32.1. The van der Waals surface area contributed by atoms with Crippen molar-refractivity contribution in [2.75, 3.05) is 11.9 Å². The van der Waals surface area contributed by atoms with Gasteiger partial charge in [0.25, 0.3) is 5.91 Å². The monoisotopic (exact) mass is 357 g/mol. The summed E-state index contributed by atoms with van der Waals surface area (Å²) in [5.41, 5.74) is 1.87. The van der Waals surface area contributed by atoms with Crippen LogP contribution in [0.1, 0.15) is 36.1 Å². The average molecular weight is 357 g/mol. The van der Waals surface area contributed by atoms with Crippen LogP contribution in [0, 0.1) is 0 Å². The first-order valence-corrected chi connectivity index (χ1v) is 8.81. The Balaban J connectivity index is 1.90. The van der Waals surface area contributed by atoms with E-state index in [-0.39, 0.29) is 24.6 Å². The lowest BCUT2D eigenvalue weighted by molar-refractivity contribution is 0.0919. The van der Waals surface area contributed by atoms with Crippen LogP contribution in [-0.2, 0) is 0 Å². The van der Waals surface area contributed by atoms with Crippen molar-refractivity contribution < 1.29 is 9.90 Å². The minimum absolute atomic E-state index is 0.107. The maximum Gasteiger partial charge on any atom is 0.271 e. The van der Waals surface area contributed by atoms with E-state index >= 15 is 0 Å². The van der Waals surface area contributed by atoms with Crippen molar-refractivity contribution in [3.05, 3.63) is 47.2 Å². The molecule has 3 aromatic heterocycles. The number of pyridine rings is 1. The molecule has 2 atom stereocenters. The van der Waals surface area contributed by atoms with Gasteiger partial charge in [0, 0.05) is 12.2 Å². The molecule has 0 spiro atoms. The van der Waals surface area contributed by atoms with Gasteiger partial charge in [-0.3, -0.25) is 9.78 Å². The summed E-state index contributed by atoms with van der Waals surface area (Å²) >= 11 is 1.41. The predicted octanol–water partition coefficient (Wildman–Crippen LogP) is 2.37. The predicted molar refractivity (Wildman–Crippen MR) is 97.7 cm³/mol. The Morgan fingerprint density at radius 2 is 2.12 bits per heavy atom. The van der Waals surface area contributed by atoms with Crippen molar-refractivity contribution in [3.8, 4) is 0 Å². The van der Waals surface area contributed by atoms with Crippen molar-refractivity contribution in [2.24, 2.45) is 0 Å². The van der Waals surface area contributed by atoms with Crippen LogP contribution in [0.4, 0.5) is 5.95 Å². The van der Waals surface area contributed by atoms with Crippen LogP contribution in [-0.4, -0.2) is 38.6 Å². The van der Waals surface area contributed by atoms with E-state index in [0.29, 0.717) is 17.2 Å². The van der Waals surface area contributed by atoms with Crippen LogP contribution in [0.5, 0.6) is 0 Å². The van der Waals surface area contributed by atoms with Crippen LogP contribution in [0.15, 0.2) is 35.8 Å². The number of aliphatic hydroxyl groups is 1. The number of hydrogen-bond donors (Lipinski definition) is 3. The lowest BCUT2D eigenvalue weighted by Crippen LogP contribution is -2.35. The highest BCUT2D eigenvalue weighted by Gasteiger charge is 2.18. The molecule has 130 valence electrons. The molecule has 0 fully saturated rings. The molecule has 0 aromatic carbocycles. The average Bonchev–Trinajstić information content (AvgIpc) is 3.10. The van der Waals surface area contributed by atoms with E-state index in [0.717, 1.165) is 10.4 Å². The van der Waals surface area contributed by atoms with E-state index in [1.54, 1.807) is 13.1 Å². The molecule has 0 unspecified atom stereocenters. The minimum atomic E-state index is -0.346. The molecule has 0 saturated heterocycles. The molecule has 7 nitrogen and oxygen atoms in total. The molecule has 0 aliphatic heterocycles. The maximum atomic E-state index is 12.5. The second-order valence-electron chi connectivity index (χ2n) is 5.71. The molecule has 0 aliphatic carbocycles. The molecule has 0 radical (unpaired) electrons. The van der Waals surface area contributed by atoms with Gasteiger partial charge in [-0.25, -0.2) is 9.97 Å². The van der Waals surface area contributed by atoms with E-state index in [1.165, 1.54) is 11.3 Å². The smallest absolute Gasteiger partial charge is 0.271 e. The zero-order valence-corrected chi connectivity index (χ0v) is 14.7. The van der Waals surface area contributed by atoms with Gasteiger partial charge >= 0.3 is 0 Å². The Kier molecular flexibility index (Phi) is 5.20. The number of anilines is 1. The number of aliphatic hydroxyl groups excluding tert-OH is 1. The van der Waals surface area contributed by atoms with E-state index in [2.05, 4.69) is 25.6 Å². The standard InChI is InChI=1S/C17H19N5O2S/c1-10(9-23)19-16(24)14-15-13(6-8-25-15)21-17(22-14)20-11(2)12-5-3-4-7-18-12/h3-8,10-11,23H,9H2,1-2H3,(H,19,24)(H,20,21,22)/t10-,11+/m1/s1. The topological polar surface area (TPSA) is 100 Å². The number of hydrogen-bond acceptors (Lipinski definition) is 7. The largest absolute Gasteiger partial charge is 0.394 e. The lowest BCUT2D eigenvalue weighted by atomic mass is 10.2. The second-order valence-corrected chi connectivity index (χ2v) is 6.62. The van der Waals surface area contributed by atoms with Crippen LogP contribution < -0.4 is 10.6 Å². The quantitative estimate of drug-likeness (QED) is 0.626. The molecule has 0 aliphatic rings. The fourth-order valence-corrected chi connectivity index (χ4v) is 3.14. The van der Waals surface area contributed by atoms with Gasteiger partial charge in [0.05, 0.1) is 28.6 Å². The summed E-state index contributed by atoms with van der Waals surface area (Å²) in [7, 11) is 0. The summed E-state index contributed by atoms with van der Waals surface area (Å²) in [6.07, 6.45) is 1.73. The number of aromatic nitrogens is 3. The first-order chi connectivity index (χ1) is 12.1. The van der Waals surface area contributed by atoms with E-state index in [4.69, 9.17) is 5.11 Å². The summed E-state index contributed by atoms with van der Waals surface area (Å²) in [6.45, 7) is 3.55. The molecule has 0 bridgehead atoms. The molecule has 3 rings (SSSR count). The number of nitrogens with zero attached hydrogens (tertiary/aromatic N) is 3. The van der Waals surface area contributed by atoms with Gasteiger partial charge in [-0.1, -0.05) is 6.07 Å². The summed E-state index contributed by atoms with van der Waals surface area (Å²) in [6, 6.07) is 7.08. The van der Waals surface area contributed by atoms with Crippen molar-refractivity contribution in [3.63, 3.8) is 0 Å². The third kappa shape index (κ3) is 3.92. The van der Waals surface area contributed by atoms with Crippen LogP contribution in [0.25, 0.3) is 10.2 Å². The van der Waals surface area contributed by atoms with E-state index in [9.17, 15) is 4.79 Å². The highest BCUT2D eigenvalue weighted by Crippen LogP contribution is 2.25. The molecule has 3 aromatic rings. The van der Waals surface area contributed by atoms with Gasteiger partial charge in [-0.2, -0.15) is 0 Å².